The van der Waals surface area contributed by atoms with Gasteiger partial charge >= 0.3 is 5.97 Å². The molecule has 37 heavy (non-hydrogen) atoms. The molecule has 0 aromatic heterocycles. The van der Waals surface area contributed by atoms with E-state index in [1.165, 1.54) is 7.11 Å². The standard InChI is InChI=1S/C32H29ClO4/c1-35-31(34)21-20-30(24-8-4-2-5-9-24)32(25-12-16-27(17-13-25)36-23-22-33)26-14-18-29(19-15-26)37-28-10-6-3-7-11-28/h2-19H,20-23H2,1H3/b32-30+. The van der Waals surface area contributed by atoms with Crippen molar-refractivity contribution >= 4 is 28.7 Å². The molecule has 0 bridgehead atoms. The fraction of sp³-hybridized carbons (Fsp3) is 0.156. The Morgan fingerprint density at radius 3 is 1.76 bits per heavy atom. The highest BCUT2D eigenvalue weighted by molar-refractivity contribution is 6.18. The molecule has 4 nitrogen and oxygen atoms in total. The van der Waals surface area contributed by atoms with Crippen molar-refractivity contribution in [1.29, 1.82) is 0 Å². The largest absolute Gasteiger partial charge is 0.492 e. The Morgan fingerprint density at radius 1 is 0.649 bits per heavy atom. The van der Waals surface area contributed by atoms with Crippen molar-refractivity contribution in [3.8, 4) is 17.2 Å². The molecular weight excluding hydrogens is 484 g/mol. The molecule has 0 heterocycles. The maximum absolute atomic E-state index is 12.1. The van der Waals surface area contributed by atoms with Crippen molar-refractivity contribution in [3.63, 3.8) is 0 Å². The molecule has 4 aromatic carbocycles. The van der Waals surface area contributed by atoms with Crippen molar-refractivity contribution in [1.82, 2.24) is 0 Å². The van der Waals surface area contributed by atoms with Gasteiger partial charge in [-0.25, -0.2) is 0 Å². The minimum absolute atomic E-state index is 0.246. The van der Waals surface area contributed by atoms with E-state index < -0.39 is 0 Å². The van der Waals surface area contributed by atoms with Gasteiger partial charge in [0.25, 0.3) is 0 Å². The highest BCUT2D eigenvalue weighted by Crippen LogP contribution is 2.37. The summed E-state index contributed by atoms with van der Waals surface area (Å²) in [6.45, 7) is 0.445. The smallest absolute Gasteiger partial charge is 0.305 e. The summed E-state index contributed by atoms with van der Waals surface area (Å²) in [5.74, 6) is 2.46. The van der Waals surface area contributed by atoms with E-state index in [0.717, 1.165) is 45.1 Å². The first-order chi connectivity index (χ1) is 18.2. The average Bonchev–Trinajstić information content (AvgIpc) is 2.96. The molecule has 0 saturated carbocycles. The number of methoxy groups -OCH3 is 1. The molecule has 0 saturated heterocycles. The van der Waals surface area contributed by atoms with E-state index in [0.29, 0.717) is 18.9 Å². The number of ether oxygens (including phenoxy) is 3. The Hall–Kier alpha value is -4.02. The van der Waals surface area contributed by atoms with Gasteiger partial charge in [-0.3, -0.25) is 4.79 Å². The van der Waals surface area contributed by atoms with E-state index in [1.807, 2.05) is 97.1 Å². The van der Waals surface area contributed by atoms with E-state index in [9.17, 15) is 4.79 Å². The maximum atomic E-state index is 12.1. The predicted molar refractivity (Wildman–Crippen MR) is 149 cm³/mol. The minimum Gasteiger partial charge on any atom is -0.492 e. The van der Waals surface area contributed by atoms with Gasteiger partial charge in [0.2, 0.25) is 0 Å². The first kappa shape index (κ1) is 26.1. The van der Waals surface area contributed by atoms with Gasteiger partial charge in [-0.15, -0.1) is 11.6 Å². The lowest BCUT2D eigenvalue weighted by molar-refractivity contribution is -0.140. The maximum Gasteiger partial charge on any atom is 0.305 e. The summed E-state index contributed by atoms with van der Waals surface area (Å²) in [5, 5.41) is 0. The number of allylic oxidation sites excluding steroid dienone is 1. The van der Waals surface area contributed by atoms with E-state index >= 15 is 0 Å². The lowest BCUT2D eigenvalue weighted by Crippen LogP contribution is -2.03. The summed E-state index contributed by atoms with van der Waals surface area (Å²) < 4.78 is 16.6. The predicted octanol–water partition coefficient (Wildman–Crippen LogP) is 8.01. The number of halogens is 1. The van der Waals surface area contributed by atoms with Crippen molar-refractivity contribution in [2.75, 3.05) is 19.6 Å². The zero-order valence-electron chi connectivity index (χ0n) is 20.7. The summed E-state index contributed by atoms with van der Waals surface area (Å²) >= 11 is 5.78. The number of alkyl halides is 1. The molecule has 0 aliphatic carbocycles. The van der Waals surface area contributed by atoms with Crippen LogP contribution in [0.3, 0.4) is 0 Å². The van der Waals surface area contributed by atoms with Crippen LogP contribution >= 0.6 is 11.6 Å². The van der Waals surface area contributed by atoms with Crippen molar-refractivity contribution in [3.05, 3.63) is 126 Å². The second-order valence-electron chi connectivity index (χ2n) is 8.30. The first-order valence-corrected chi connectivity index (χ1v) is 12.7. The Kier molecular flexibility index (Phi) is 9.39. The number of esters is 1. The molecule has 0 radical (unpaired) electrons. The minimum atomic E-state index is -0.246. The van der Waals surface area contributed by atoms with Crippen molar-refractivity contribution < 1.29 is 19.0 Å². The summed E-state index contributed by atoms with van der Waals surface area (Å²) in [6.07, 6.45) is 0.801. The second kappa shape index (κ2) is 13.3. The molecule has 0 aliphatic heterocycles. The van der Waals surface area contributed by atoms with Crippen LogP contribution in [0.1, 0.15) is 29.5 Å². The molecule has 0 spiro atoms. The van der Waals surface area contributed by atoms with Crippen molar-refractivity contribution in [2.45, 2.75) is 12.8 Å². The zero-order valence-corrected chi connectivity index (χ0v) is 21.5. The van der Waals surface area contributed by atoms with Crippen LogP contribution in [-0.4, -0.2) is 25.6 Å². The molecule has 188 valence electrons. The number of hydrogen-bond acceptors (Lipinski definition) is 4. The lowest BCUT2D eigenvalue weighted by atomic mass is 9.87. The van der Waals surface area contributed by atoms with Crippen LogP contribution in [0.25, 0.3) is 11.1 Å². The molecule has 5 heteroatoms. The molecule has 4 aromatic rings. The Morgan fingerprint density at radius 2 is 1.19 bits per heavy atom. The molecule has 0 amide bonds. The van der Waals surface area contributed by atoms with Gasteiger partial charge in [0.15, 0.2) is 0 Å². The zero-order chi connectivity index (χ0) is 25.9. The SMILES string of the molecule is COC(=O)CC/C(=C(/c1ccc(OCCCl)cc1)c1ccc(Oc2ccccc2)cc1)c1ccccc1. The number of rotatable bonds is 11. The Balaban J connectivity index is 1.78. The second-order valence-corrected chi connectivity index (χ2v) is 8.67. The number of carbonyl (C=O) groups excluding carboxylic acids is 1. The molecule has 0 aliphatic rings. The summed E-state index contributed by atoms with van der Waals surface area (Å²) in [5.41, 5.74) is 5.16. The van der Waals surface area contributed by atoms with Crippen LogP contribution in [0, 0.1) is 0 Å². The number of hydrogen-bond donors (Lipinski definition) is 0. The van der Waals surface area contributed by atoms with Crippen LogP contribution in [-0.2, 0) is 9.53 Å². The van der Waals surface area contributed by atoms with Crippen LogP contribution in [0.4, 0.5) is 0 Å². The Labute approximate surface area is 223 Å². The van der Waals surface area contributed by atoms with Crippen LogP contribution in [0.5, 0.6) is 17.2 Å². The third-order valence-corrected chi connectivity index (χ3v) is 6.00. The van der Waals surface area contributed by atoms with Gasteiger partial charge in [-0.05, 0) is 70.7 Å². The first-order valence-electron chi connectivity index (χ1n) is 12.2. The van der Waals surface area contributed by atoms with E-state index in [-0.39, 0.29) is 12.4 Å². The lowest BCUT2D eigenvalue weighted by Gasteiger charge is -2.18. The summed E-state index contributed by atoms with van der Waals surface area (Å²) in [7, 11) is 1.42. The van der Waals surface area contributed by atoms with Gasteiger partial charge in [0, 0.05) is 6.42 Å². The highest BCUT2D eigenvalue weighted by Gasteiger charge is 2.16. The fourth-order valence-corrected chi connectivity index (χ4v) is 4.16. The van der Waals surface area contributed by atoms with E-state index in [4.69, 9.17) is 25.8 Å². The van der Waals surface area contributed by atoms with Crippen LogP contribution in [0.15, 0.2) is 109 Å². The Bertz CT molecular complexity index is 1300. The van der Waals surface area contributed by atoms with Crippen LogP contribution in [0.2, 0.25) is 0 Å². The third kappa shape index (κ3) is 7.25. The summed E-state index contributed by atoms with van der Waals surface area (Å²) in [4.78, 5) is 12.1. The molecule has 0 unspecified atom stereocenters. The molecule has 4 rings (SSSR count). The fourth-order valence-electron chi connectivity index (χ4n) is 4.09. The van der Waals surface area contributed by atoms with Crippen molar-refractivity contribution in [2.24, 2.45) is 0 Å². The molecule has 0 fully saturated rings. The average molecular weight is 513 g/mol. The normalized spacial score (nSPS) is 11.4. The molecule has 0 N–H and O–H groups in total. The van der Waals surface area contributed by atoms with Crippen LogP contribution < -0.4 is 9.47 Å². The van der Waals surface area contributed by atoms with Gasteiger partial charge in [0.1, 0.15) is 23.9 Å². The summed E-state index contributed by atoms with van der Waals surface area (Å²) in [6, 6.07) is 35.8. The number of benzene rings is 4. The van der Waals surface area contributed by atoms with Gasteiger partial charge in [-0.1, -0.05) is 72.8 Å². The quantitative estimate of drug-likeness (QED) is 0.116. The highest BCUT2D eigenvalue weighted by atomic mass is 35.5. The van der Waals surface area contributed by atoms with E-state index in [2.05, 4.69) is 12.1 Å². The van der Waals surface area contributed by atoms with Gasteiger partial charge in [-0.2, -0.15) is 0 Å². The van der Waals surface area contributed by atoms with Gasteiger partial charge in [0.05, 0.1) is 13.0 Å². The number of para-hydroxylation sites is 1. The number of carbonyl (C=O) groups is 1. The molecular formula is C32H29ClO4. The molecule has 0 atom stereocenters. The van der Waals surface area contributed by atoms with Gasteiger partial charge < -0.3 is 14.2 Å². The topological polar surface area (TPSA) is 44.8 Å². The monoisotopic (exact) mass is 512 g/mol. The van der Waals surface area contributed by atoms with E-state index in [1.54, 1.807) is 0 Å². The third-order valence-electron chi connectivity index (χ3n) is 5.84.